The van der Waals surface area contributed by atoms with Crippen LogP contribution in [0.4, 0.5) is 0 Å². The highest BCUT2D eigenvalue weighted by Gasteiger charge is 2.06. The van der Waals surface area contributed by atoms with E-state index in [-0.39, 0.29) is 0 Å². The SMILES string of the molecule is CO/C1=C(C)/C=C(/c2ccccn2)C/C=C/C1. The Balaban J connectivity index is 2.40. The Kier molecular flexibility index (Phi) is 3.76. The van der Waals surface area contributed by atoms with Gasteiger partial charge in [-0.15, -0.1) is 0 Å². The molecule has 1 aliphatic rings. The molecule has 0 amide bonds. The first-order chi connectivity index (χ1) is 8.31. The van der Waals surface area contributed by atoms with E-state index in [1.807, 2.05) is 24.4 Å². The predicted octanol–water partition coefficient (Wildman–Crippen LogP) is 3.74. The quantitative estimate of drug-likeness (QED) is 0.718. The van der Waals surface area contributed by atoms with Crippen molar-refractivity contribution in [3.8, 4) is 0 Å². The zero-order valence-corrected chi connectivity index (χ0v) is 10.3. The molecule has 1 aliphatic carbocycles. The Morgan fingerprint density at radius 1 is 1.18 bits per heavy atom. The molecule has 0 N–H and O–H groups in total. The van der Waals surface area contributed by atoms with Crippen LogP contribution in [0.5, 0.6) is 0 Å². The average Bonchev–Trinajstić information content (AvgIpc) is 2.35. The van der Waals surface area contributed by atoms with Crippen LogP contribution in [0.3, 0.4) is 0 Å². The first kappa shape index (κ1) is 11.6. The van der Waals surface area contributed by atoms with Gasteiger partial charge in [-0.2, -0.15) is 0 Å². The molecule has 2 rings (SSSR count). The molecule has 0 atom stereocenters. The molecule has 88 valence electrons. The molecule has 1 heterocycles. The van der Waals surface area contributed by atoms with Gasteiger partial charge in [-0.05, 0) is 36.6 Å². The van der Waals surface area contributed by atoms with Crippen molar-refractivity contribution >= 4 is 5.57 Å². The van der Waals surface area contributed by atoms with E-state index in [9.17, 15) is 0 Å². The van der Waals surface area contributed by atoms with Crippen molar-refractivity contribution in [3.63, 3.8) is 0 Å². The van der Waals surface area contributed by atoms with Crippen LogP contribution < -0.4 is 0 Å². The van der Waals surface area contributed by atoms with E-state index in [1.54, 1.807) is 7.11 Å². The molecule has 1 aromatic heterocycles. The summed E-state index contributed by atoms with van der Waals surface area (Å²) in [6.07, 6.45) is 10.1. The number of rotatable bonds is 2. The van der Waals surface area contributed by atoms with E-state index < -0.39 is 0 Å². The lowest BCUT2D eigenvalue weighted by molar-refractivity contribution is 0.281. The second kappa shape index (κ2) is 5.48. The Morgan fingerprint density at radius 2 is 2.00 bits per heavy atom. The third-order valence-electron chi connectivity index (χ3n) is 2.88. The highest BCUT2D eigenvalue weighted by atomic mass is 16.5. The van der Waals surface area contributed by atoms with Crippen molar-refractivity contribution in [1.82, 2.24) is 4.98 Å². The van der Waals surface area contributed by atoms with Gasteiger partial charge in [-0.25, -0.2) is 0 Å². The number of aromatic nitrogens is 1. The Hall–Kier alpha value is -1.83. The molecule has 0 saturated carbocycles. The van der Waals surface area contributed by atoms with Crippen LogP contribution in [-0.4, -0.2) is 12.1 Å². The van der Waals surface area contributed by atoms with Crippen LogP contribution in [0.1, 0.15) is 25.5 Å². The summed E-state index contributed by atoms with van der Waals surface area (Å²) < 4.78 is 5.39. The highest BCUT2D eigenvalue weighted by Crippen LogP contribution is 2.23. The summed E-state index contributed by atoms with van der Waals surface area (Å²) >= 11 is 0. The van der Waals surface area contributed by atoms with Crippen LogP contribution >= 0.6 is 0 Å². The van der Waals surface area contributed by atoms with Crippen LogP contribution in [0.15, 0.2) is 54.0 Å². The maximum Gasteiger partial charge on any atom is 0.102 e. The molecule has 2 heteroatoms. The van der Waals surface area contributed by atoms with E-state index in [0.717, 1.165) is 24.3 Å². The lowest BCUT2D eigenvalue weighted by atomic mass is 10.0. The fourth-order valence-electron chi connectivity index (χ4n) is 1.94. The molecule has 1 aromatic rings. The summed E-state index contributed by atoms with van der Waals surface area (Å²) in [5, 5.41) is 0. The number of ether oxygens (including phenoxy) is 1. The smallest absolute Gasteiger partial charge is 0.102 e. The van der Waals surface area contributed by atoms with Crippen molar-refractivity contribution in [2.75, 3.05) is 7.11 Å². The minimum atomic E-state index is 0.869. The van der Waals surface area contributed by atoms with Crippen molar-refractivity contribution < 1.29 is 4.74 Å². The van der Waals surface area contributed by atoms with Crippen molar-refractivity contribution in [2.24, 2.45) is 0 Å². The highest BCUT2D eigenvalue weighted by molar-refractivity contribution is 5.67. The van der Waals surface area contributed by atoms with E-state index >= 15 is 0 Å². The lowest BCUT2D eigenvalue weighted by Crippen LogP contribution is -1.95. The first-order valence-electron chi connectivity index (χ1n) is 5.82. The van der Waals surface area contributed by atoms with Crippen molar-refractivity contribution in [2.45, 2.75) is 19.8 Å². The van der Waals surface area contributed by atoms with Crippen LogP contribution in [0.25, 0.3) is 5.57 Å². The lowest BCUT2D eigenvalue weighted by Gasteiger charge is -2.11. The predicted molar refractivity (Wildman–Crippen MR) is 70.3 cm³/mol. The largest absolute Gasteiger partial charge is 0.501 e. The standard InChI is InChI=1S/C15H17NO/c1-12-11-13(14-8-5-6-10-16-14)7-3-4-9-15(12)17-2/h3-6,8,10-11H,7,9H2,1-2H3/b4-3+,13-11+,15-12+. The van der Waals surface area contributed by atoms with Gasteiger partial charge in [0.2, 0.25) is 0 Å². The fraction of sp³-hybridized carbons (Fsp3) is 0.267. The average molecular weight is 227 g/mol. The first-order valence-corrected chi connectivity index (χ1v) is 5.82. The van der Waals surface area contributed by atoms with Gasteiger partial charge in [0.1, 0.15) is 5.76 Å². The Bertz CT molecular complexity index is 469. The monoisotopic (exact) mass is 227 g/mol. The van der Waals surface area contributed by atoms with Crippen LogP contribution in [0, 0.1) is 0 Å². The Labute approximate surface area is 102 Å². The number of methoxy groups -OCH3 is 1. The van der Waals surface area contributed by atoms with Gasteiger partial charge >= 0.3 is 0 Å². The van der Waals surface area contributed by atoms with Gasteiger partial charge in [0, 0.05) is 12.6 Å². The molecule has 0 aromatic carbocycles. The second-order valence-electron chi connectivity index (χ2n) is 4.07. The number of nitrogens with zero attached hydrogens (tertiary/aromatic N) is 1. The summed E-state index contributed by atoms with van der Waals surface area (Å²) in [5.41, 5.74) is 3.44. The van der Waals surface area contributed by atoms with E-state index in [4.69, 9.17) is 4.74 Å². The fourth-order valence-corrected chi connectivity index (χ4v) is 1.94. The van der Waals surface area contributed by atoms with E-state index in [2.05, 4.69) is 30.1 Å². The minimum absolute atomic E-state index is 0.869. The second-order valence-corrected chi connectivity index (χ2v) is 4.07. The summed E-state index contributed by atoms with van der Waals surface area (Å²) in [5.74, 6) is 1.02. The molecule has 17 heavy (non-hydrogen) atoms. The molecule has 0 spiro atoms. The van der Waals surface area contributed by atoms with Gasteiger partial charge in [0.25, 0.3) is 0 Å². The Morgan fingerprint density at radius 3 is 2.71 bits per heavy atom. The van der Waals surface area contributed by atoms with Gasteiger partial charge in [-0.1, -0.05) is 24.3 Å². The maximum atomic E-state index is 5.39. The van der Waals surface area contributed by atoms with Crippen molar-refractivity contribution in [3.05, 3.63) is 59.7 Å². The van der Waals surface area contributed by atoms with Crippen LogP contribution in [0.2, 0.25) is 0 Å². The van der Waals surface area contributed by atoms with E-state index in [1.165, 1.54) is 11.1 Å². The third-order valence-corrected chi connectivity index (χ3v) is 2.88. The van der Waals surface area contributed by atoms with Crippen molar-refractivity contribution in [1.29, 1.82) is 0 Å². The molecular formula is C15H17NO. The van der Waals surface area contributed by atoms with Crippen LogP contribution in [-0.2, 0) is 4.74 Å². The van der Waals surface area contributed by atoms with Gasteiger partial charge in [-0.3, -0.25) is 4.98 Å². The molecule has 2 nitrogen and oxygen atoms in total. The maximum absolute atomic E-state index is 5.39. The normalized spacial score (nSPS) is 25.4. The number of allylic oxidation sites excluding steroid dienone is 5. The summed E-state index contributed by atoms with van der Waals surface area (Å²) in [6.45, 7) is 2.08. The molecule has 0 saturated heterocycles. The van der Waals surface area contributed by atoms with E-state index in [0.29, 0.717) is 0 Å². The topological polar surface area (TPSA) is 22.1 Å². The summed E-state index contributed by atoms with van der Waals surface area (Å²) in [7, 11) is 1.72. The van der Waals surface area contributed by atoms with Gasteiger partial charge in [0.15, 0.2) is 0 Å². The molecule has 0 aliphatic heterocycles. The molecule has 0 radical (unpaired) electrons. The molecular weight excluding hydrogens is 210 g/mol. The summed E-state index contributed by atoms with van der Waals surface area (Å²) in [4.78, 5) is 4.39. The molecule has 0 fully saturated rings. The van der Waals surface area contributed by atoms with Gasteiger partial charge < -0.3 is 4.74 Å². The minimum Gasteiger partial charge on any atom is -0.501 e. The number of hydrogen-bond acceptors (Lipinski definition) is 2. The van der Waals surface area contributed by atoms with Gasteiger partial charge in [0.05, 0.1) is 12.8 Å². The number of pyridine rings is 1. The molecule has 0 unspecified atom stereocenters. The molecule has 0 bridgehead atoms. The summed E-state index contributed by atoms with van der Waals surface area (Å²) in [6, 6.07) is 6.00. The zero-order valence-electron chi connectivity index (χ0n) is 10.3. The number of hydrogen-bond donors (Lipinski definition) is 0. The third kappa shape index (κ3) is 2.84. The zero-order chi connectivity index (χ0) is 12.1.